The highest BCUT2D eigenvalue weighted by molar-refractivity contribution is 6.67. The quantitative estimate of drug-likeness (QED) is 0.0528. The van der Waals surface area contributed by atoms with Crippen LogP contribution in [0.2, 0.25) is 0 Å². The van der Waals surface area contributed by atoms with Crippen LogP contribution >= 0.6 is 11.6 Å². The average Bonchev–Trinajstić information content (AvgIpc) is 3.32. The molecule has 0 saturated heterocycles. The average molecular weight is 963 g/mol. The van der Waals surface area contributed by atoms with Crippen molar-refractivity contribution in [2.45, 2.75) is 49.0 Å². The normalized spacial score (nSPS) is 10.3. The SMILES string of the molecule is C.C=C(C)C(=O)Cl.C=C(C)C(=O)Oc1ccc2cc(Oc3ccc4cc(OC(=O)C(=C)C)ccc4c3)ccc2c1.CCN(CC)CC.Oc1ccc2cc(Oc3ccc4cc(O)ccc4c3)ccc2c1. The molecule has 11 heteroatoms. The van der Waals surface area contributed by atoms with Gasteiger partial charge in [-0.3, -0.25) is 4.79 Å². The number of phenolic OH excluding ortho intramolecular Hbond substituents is 2. The van der Waals surface area contributed by atoms with Gasteiger partial charge in [0.1, 0.15) is 46.0 Å². The topological polar surface area (TPSA) is 132 Å². The minimum absolute atomic E-state index is 0. The predicted molar refractivity (Wildman–Crippen MR) is 286 cm³/mol. The number of halogens is 1. The summed E-state index contributed by atoms with van der Waals surface area (Å²) in [4.78, 5) is 35.6. The monoisotopic (exact) mass is 961 g/mol. The summed E-state index contributed by atoms with van der Waals surface area (Å²) in [5.74, 6) is 3.37. The molecule has 0 radical (unpaired) electrons. The zero-order chi connectivity index (χ0) is 50.2. The highest BCUT2D eigenvalue weighted by atomic mass is 35.5. The van der Waals surface area contributed by atoms with E-state index in [4.69, 9.17) is 30.5 Å². The van der Waals surface area contributed by atoms with Crippen LogP contribution in [0.4, 0.5) is 0 Å². The number of carbonyl (C=O) groups excluding carboxylic acids is 3. The number of benzene rings is 8. The van der Waals surface area contributed by atoms with Crippen LogP contribution in [0.15, 0.2) is 182 Å². The number of hydrogen-bond acceptors (Lipinski definition) is 10. The smallest absolute Gasteiger partial charge is 0.338 e. The lowest BCUT2D eigenvalue weighted by molar-refractivity contribution is -0.130. The summed E-state index contributed by atoms with van der Waals surface area (Å²) in [5.41, 5.74) is 1.08. The highest BCUT2D eigenvalue weighted by Gasteiger charge is 2.10. The number of allylic oxidation sites excluding steroid dienone is 1. The Balaban J connectivity index is 0.000000248. The number of ether oxygens (including phenoxy) is 4. The summed E-state index contributed by atoms with van der Waals surface area (Å²) in [6.07, 6.45) is 0. The second-order valence-corrected chi connectivity index (χ2v) is 16.3. The Morgan fingerprint density at radius 3 is 0.886 bits per heavy atom. The third-order valence-corrected chi connectivity index (χ3v) is 10.7. The van der Waals surface area contributed by atoms with Gasteiger partial charge in [-0.25, -0.2) is 9.59 Å². The molecule has 0 atom stereocenters. The van der Waals surface area contributed by atoms with Crippen LogP contribution in [0.1, 0.15) is 49.0 Å². The number of esters is 2. The van der Waals surface area contributed by atoms with Gasteiger partial charge >= 0.3 is 11.9 Å². The number of carbonyl (C=O) groups is 3. The number of fused-ring (bicyclic) bond motifs is 4. The molecule has 0 heterocycles. The van der Waals surface area contributed by atoms with E-state index in [0.717, 1.165) is 54.6 Å². The van der Waals surface area contributed by atoms with Crippen LogP contribution in [0.3, 0.4) is 0 Å². The lowest BCUT2D eigenvalue weighted by Gasteiger charge is -2.13. The summed E-state index contributed by atoms with van der Waals surface area (Å²) in [5, 5.41) is 26.2. The molecular formula is C59H60ClNO9. The van der Waals surface area contributed by atoms with Crippen molar-refractivity contribution in [2.24, 2.45) is 0 Å². The molecule has 2 N–H and O–H groups in total. The molecule has 0 aliphatic carbocycles. The second kappa shape index (κ2) is 26.0. The van der Waals surface area contributed by atoms with Crippen molar-refractivity contribution in [1.82, 2.24) is 4.90 Å². The Morgan fingerprint density at radius 2 is 0.657 bits per heavy atom. The van der Waals surface area contributed by atoms with E-state index in [2.05, 4.69) is 45.4 Å². The Bertz CT molecular complexity index is 2960. The van der Waals surface area contributed by atoms with Crippen LogP contribution in [-0.2, 0) is 14.4 Å². The summed E-state index contributed by atoms with van der Waals surface area (Å²) in [7, 11) is 0. The number of aromatic hydroxyl groups is 2. The van der Waals surface area contributed by atoms with Gasteiger partial charge in [-0.1, -0.05) is 96.5 Å². The molecule has 0 bridgehead atoms. The van der Waals surface area contributed by atoms with Gasteiger partial charge in [0.25, 0.3) is 0 Å². The molecule has 10 nitrogen and oxygen atoms in total. The van der Waals surface area contributed by atoms with Gasteiger partial charge in [0.05, 0.1) is 0 Å². The van der Waals surface area contributed by atoms with Gasteiger partial charge in [0.2, 0.25) is 5.24 Å². The van der Waals surface area contributed by atoms with E-state index in [1.165, 1.54) is 19.6 Å². The van der Waals surface area contributed by atoms with Gasteiger partial charge in [-0.05, 0) is 192 Å². The maximum Gasteiger partial charge on any atom is 0.338 e. The molecule has 8 aromatic carbocycles. The zero-order valence-electron chi connectivity index (χ0n) is 39.7. The first-order chi connectivity index (χ1) is 32.9. The molecule has 0 aliphatic heterocycles. The van der Waals surface area contributed by atoms with E-state index < -0.39 is 17.2 Å². The van der Waals surface area contributed by atoms with E-state index in [1.807, 2.05) is 97.1 Å². The van der Waals surface area contributed by atoms with E-state index in [9.17, 15) is 24.6 Å². The minimum atomic E-state index is -0.463. The largest absolute Gasteiger partial charge is 0.508 e. The first-order valence-electron chi connectivity index (χ1n) is 22.2. The number of phenols is 2. The summed E-state index contributed by atoms with van der Waals surface area (Å²) in [6, 6.07) is 44.2. The molecule has 0 unspecified atom stereocenters. The van der Waals surface area contributed by atoms with Crippen molar-refractivity contribution < 1.29 is 43.5 Å². The molecule has 0 fully saturated rings. The molecule has 8 rings (SSSR count). The molecule has 0 aliphatic rings. The van der Waals surface area contributed by atoms with Crippen LogP contribution in [0.5, 0.6) is 46.0 Å². The Kier molecular flexibility index (Phi) is 20.3. The van der Waals surface area contributed by atoms with E-state index in [0.29, 0.717) is 39.7 Å². The fraction of sp³-hybridized carbons (Fsp3) is 0.169. The molecule has 0 amide bonds. The van der Waals surface area contributed by atoms with Crippen molar-refractivity contribution >= 4 is 71.9 Å². The van der Waals surface area contributed by atoms with Crippen LogP contribution in [-0.4, -0.2) is 51.9 Å². The standard InChI is InChI=1S/C28H22O5.C20H14O3.C6H15N.C4H5ClO.CH4/c1-17(2)27(29)32-25-11-7-19-13-23(9-5-21(19)15-25)31-24-10-6-22-16-26(12-8-20(22)14-24)33-28(30)18(3)4;21-17-5-1-15-11-19(7-3-13(15)9-17)23-20-8-4-14-10-18(22)6-2-16(14)12-20;1-4-7(5-2)6-3;1-3(2)4(5)6;/h5-16H,1,3H2,2,4H3;1-12,21-22H;4-6H2,1-3H3;1H2,2H3;1H4. The molecule has 362 valence electrons. The van der Waals surface area contributed by atoms with Crippen LogP contribution in [0, 0.1) is 0 Å². The van der Waals surface area contributed by atoms with Gasteiger partial charge in [-0.15, -0.1) is 0 Å². The van der Waals surface area contributed by atoms with Crippen molar-refractivity contribution in [2.75, 3.05) is 19.6 Å². The van der Waals surface area contributed by atoms with E-state index >= 15 is 0 Å². The van der Waals surface area contributed by atoms with Crippen molar-refractivity contribution in [3.63, 3.8) is 0 Å². The fourth-order valence-electron chi connectivity index (χ4n) is 6.54. The Hall–Kier alpha value is -7.92. The maximum atomic E-state index is 11.7. The first-order valence-corrected chi connectivity index (χ1v) is 22.5. The van der Waals surface area contributed by atoms with Gasteiger partial charge in [0, 0.05) is 16.7 Å². The summed E-state index contributed by atoms with van der Waals surface area (Å²) in [6.45, 7) is 25.4. The van der Waals surface area contributed by atoms with Crippen molar-refractivity contribution in [3.05, 3.63) is 182 Å². The second-order valence-electron chi connectivity index (χ2n) is 15.9. The maximum absolute atomic E-state index is 11.7. The molecule has 8 aromatic rings. The Morgan fingerprint density at radius 1 is 0.429 bits per heavy atom. The van der Waals surface area contributed by atoms with Gasteiger partial charge in [0.15, 0.2) is 0 Å². The third-order valence-electron chi connectivity index (χ3n) is 10.4. The molecule has 0 aromatic heterocycles. The summed E-state index contributed by atoms with van der Waals surface area (Å²) < 4.78 is 22.6. The molecular weight excluding hydrogens is 902 g/mol. The zero-order valence-corrected chi connectivity index (χ0v) is 40.4. The number of rotatable bonds is 12. The van der Waals surface area contributed by atoms with E-state index in [-0.39, 0.29) is 18.9 Å². The lowest BCUT2D eigenvalue weighted by atomic mass is 10.1. The predicted octanol–water partition coefficient (Wildman–Crippen LogP) is 15.3. The number of nitrogens with zero attached hydrogens (tertiary/aromatic N) is 1. The van der Waals surface area contributed by atoms with Crippen molar-refractivity contribution in [3.8, 4) is 46.0 Å². The molecule has 0 spiro atoms. The number of hydrogen-bond donors (Lipinski definition) is 2. The third kappa shape index (κ3) is 16.1. The Labute approximate surface area is 415 Å². The first kappa shape index (κ1) is 54.7. The van der Waals surface area contributed by atoms with Crippen LogP contribution < -0.4 is 18.9 Å². The van der Waals surface area contributed by atoms with Gasteiger partial charge < -0.3 is 34.1 Å². The minimum Gasteiger partial charge on any atom is -0.508 e. The highest BCUT2D eigenvalue weighted by Crippen LogP contribution is 2.33. The molecule has 0 saturated carbocycles. The molecule has 70 heavy (non-hydrogen) atoms. The summed E-state index contributed by atoms with van der Waals surface area (Å²) >= 11 is 4.87. The fourth-order valence-corrected chi connectivity index (χ4v) is 6.54. The van der Waals surface area contributed by atoms with Crippen LogP contribution in [0.25, 0.3) is 43.1 Å². The van der Waals surface area contributed by atoms with Crippen molar-refractivity contribution in [1.29, 1.82) is 0 Å². The lowest BCUT2D eigenvalue weighted by Crippen LogP contribution is -2.21. The van der Waals surface area contributed by atoms with E-state index in [1.54, 1.807) is 69.3 Å². The van der Waals surface area contributed by atoms with Gasteiger partial charge in [-0.2, -0.15) is 0 Å².